The van der Waals surface area contributed by atoms with Crippen LogP contribution in [0.1, 0.15) is 37.0 Å². The maximum Gasteiger partial charge on any atom is 0.0307 e. The predicted molar refractivity (Wildman–Crippen MR) is 77.9 cm³/mol. The first-order valence-corrected chi connectivity index (χ1v) is 7.07. The van der Waals surface area contributed by atoms with E-state index in [1.165, 1.54) is 23.1 Å². The van der Waals surface area contributed by atoms with Crippen LogP contribution < -0.4 is 5.32 Å². The molecule has 1 aliphatic heterocycles. The molecule has 1 N–H and O–H groups in total. The number of hydrogen-bond donors (Lipinski definition) is 1. The van der Waals surface area contributed by atoms with Crippen molar-refractivity contribution >= 4 is 0 Å². The van der Waals surface area contributed by atoms with Crippen LogP contribution in [0.5, 0.6) is 0 Å². The van der Waals surface area contributed by atoms with Crippen LogP contribution in [0.3, 0.4) is 0 Å². The molecule has 1 aromatic carbocycles. The van der Waals surface area contributed by atoms with E-state index in [1.807, 2.05) is 0 Å². The average Bonchev–Trinajstić information content (AvgIpc) is 2.37. The SMILES string of the molecule is CCC1(C)CNCCN1Cc1ccc(C)c(C)c1. The number of hydrogen-bond acceptors (Lipinski definition) is 2. The second-order valence-electron chi connectivity index (χ2n) is 5.87. The second kappa shape index (κ2) is 5.41. The molecule has 0 bridgehead atoms. The Bertz CT molecular complexity index is 414. The Morgan fingerprint density at radius 3 is 2.72 bits per heavy atom. The number of nitrogens with one attached hydrogen (secondary N) is 1. The van der Waals surface area contributed by atoms with Crippen molar-refractivity contribution in [2.75, 3.05) is 19.6 Å². The van der Waals surface area contributed by atoms with E-state index in [1.54, 1.807) is 0 Å². The molecule has 0 aromatic heterocycles. The normalized spacial score (nSPS) is 25.3. The standard InChI is InChI=1S/C16H26N2/c1-5-16(4)12-17-8-9-18(16)11-15-7-6-13(2)14(3)10-15/h6-7,10,17H,5,8-9,11-12H2,1-4H3. The summed E-state index contributed by atoms with van der Waals surface area (Å²) in [4.78, 5) is 2.63. The Hall–Kier alpha value is -0.860. The highest BCUT2D eigenvalue weighted by atomic mass is 15.2. The fraction of sp³-hybridized carbons (Fsp3) is 0.625. The van der Waals surface area contributed by atoms with Crippen molar-refractivity contribution in [1.82, 2.24) is 10.2 Å². The van der Waals surface area contributed by atoms with E-state index in [0.29, 0.717) is 5.54 Å². The molecule has 0 saturated carbocycles. The number of piperazine rings is 1. The number of benzene rings is 1. The van der Waals surface area contributed by atoms with E-state index in [9.17, 15) is 0 Å². The summed E-state index contributed by atoms with van der Waals surface area (Å²) in [6.45, 7) is 13.5. The molecular weight excluding hydrogens is 220 g/mol. The molecule has 1 unspecified atom stereocenters. The molecular formula is C16H26N2. The summed E-state index contributed by atoms with van der Waals surface area (Å²) < 4.78 is 0. The van der Waals surface area contributed by atoms with Gasteiger partial charge in [-0.1, -0.05) is 25.1 Å². The number of nitrogens with zero attached hydrogens (tertiary/aromatic N) is 1. The van der Waals surface area contributed by atoms with Gasteiger partial charge in [0, 0.05) is 31.7 Å². The van der Waals surface area contributed by atoms with Crippen molar-refractivity contribution in [3.05, 3.63) is 34.9 Å². The molecule has 2 heteroatoms. The van der Waals surface area contributed by atoms with E-state index >= 15 is 0 Å². The van der Waals surface area contributed by atoms with Gasteiger partial charge < -0.3 is 5.32 Å². The topological polar surface area (TPSA) is 15.3 Å². The van der Waals surface area contributed by atoms with Crippen LogP contribution in [0.25, 0.3) is 0 Å². The monoisotopic (exact) mass is 246 g/mol. The maximum atomic E-state index is 3.52. The molecule has 0 aliphatic carbocycles. The van der Waals surface area contributed by atoms with Crippen molar-refractivity contribution in [3.63, 3.8) is 0 Å². The van der Waals surface area contributed by atoms with E-state index < -0.39 is 0 Å². The highest BCUT2D eigenvalue weighted by Gasteiger charge is 2.32. The molecule has 18 heavy (non-hydrogen) atoms. The molecule has 1 aliphatic rings. The van der Waals surface area contributed by atoms with Gasteiger partial charge in [-0.2, -0.15) is 0 Å². The van der Waals surface area contributed by atoms with Gasteiger partial charge in [0.2, 0.25) is 0 Å². The highest BCUT2D eigenvalue weighted by molar-refractivity contribution is 5.30. The Labute approximate surface area is 111 Å². The van der Waals surface area contributed by atoms with Gasteiger partial charge in [-0.3, -0.25) is 4.90 Å². The summed E-state index contributed by atoms with van der Waals surface area (Å²) in [5.41, 5.74) is 4.54. The van der Waals surface area contributed by atoms with Crippen molar-refractivity contribution in [2.45, 2.75) is 46.2 Å². The van der Waals surface area contributed by atoms with Crippen LogP contribution in [-0.4, -0.2) is 30.1 Å². The number of aryl methyl sites for hydroxylation is 2. The smallest absolute Gasteiger partial charge is 0.0307 e. The van der Waals surface area contributed by atoms with Crippen molar-refractivity contribution in [3.8, 4) is 0 Å². The average molecular weight is 246 g/mol. The third kappa shape index (κ3) is 2.76. The molecule has 1 atom stereocenters. The molecule has 1 heterocycles. The Balaban J connectivity index is 2.13. The second-order valence-corrected chi connectivity index (χ2v) is 5.87. The maximum absolute atomic E-state index is 3.52. The fourth-order valence-corrected chi connectivity index (χ4v) is 2.69. The zero-order chi connectivity index (χ0) is 13.2. The van der Waals surface area contributed by atoms with Crippen LogP contribution in [0.15, 0.2) is 18.2 Å². The van der Waals surface area contributed by atoms with E-state index in [4.69, 9.17) is 0 Å². The molecule has 1 aromatic rings. The van der Waals surface area contributed by atoms with Gasteiger partial charge in [0.15, 0.2) is 0 Å². The summed E-state index contributed by atoms with van der Waals surface area (Å²) in [6, 6.07) is 6.87. The first-order valence-electron chi connectivity index (χ1n) is 7.07. The van der Waals surface area contributed by atoms with E-state index in [2.05, 4.69) is 56.1 Å². The number of rotatable bonds is 3. The summed E-state index contributed by atoms with van der Waals surface area (Å²) in [6.07, 6.45) is 1.20. The van der Waals surface area contributed by atoms with Crippen LogP contribution in [0.4, 0.5) is 0 Å². The predicted octanol–water partition coefficient (Wildman–Crippen LogP) is 2.88. The lowest BCUT2D eigenvalue weighted by molar-refractivity contribution is 0.0637. The van der Waals surface area contributed by atoms with Gasteiger partial charge in [0.1, 0.15) is 0 Å². The van der Waals surface area contributed by atoms with Crippen molar-refractivity contribution < 1.29 is 0 Å². The summed E-state index contributed by atoms with van der Waals surface area (Å²) in [5, 5.41) is 3.52. The van der Waals surface area contributed by atoms with E-state index in [0.717, 1.165) is 26.2 Å². The molecule has 100 valence electrons. The van der Waals surface area contributed by atoms with Gasteiger partial charge in [-0.15, -0.1) is 0 Å². The lowest BCUT2D eigenvalue weighted by atomic mass is 9.93. The quantitative estimate of drug-likeness (QED) is 0.882. The third-order valence-corrected chi connectivity index (χ3v) is 4.53. The lowest BCUT2D eigenvalue weighted by Crippen LogP contribution is -2.58. The van der Waals surface area contributed by atoms with Crippen LogP contribution in [0, 0.1) is 13.8 Å². The minimum atomic E-state index is 0.303. The summed E-state index contributed by atoms with van der Waals surface area (Å²) in [7, 11) is 0. The molecule has 1 saturated heterocycles. The van der Waals surface area contributed by atoms with Gasteiger partial charge in [0.05, 0.1) is 0 Å². The van der Waals surface area contributed by atoms with Gasteiger partial charge in [-0.05, 0) is 43.9 Å². The minimum Gasteiger partial charge on any atom is -0.314 e. The fourth-order valence-electron chi connectivity index (χ4n) is 2.69. The molecule has 2 nitrogen and oxygen atoms in total. The van der Waals surface area contributed by atoms with Gasteiger partial charge in [-0.25, -0.2) is 0 Å². The highest BCUT2D eigenvalue weighted by Crippen LogP contribution is 2.24. The minimum absolute atomic E-state index is 0.303. The lowest BCUT2D eigenvalue weighted by Gasteiger charge is -2.45. The Morgan fingerprint density at radius 1 is 1.28 bits per heavy atom. The van der Waals surface area contributed by atoms with Crippen LogP contribution in [-0.2, 0) is 6.54 Å². The Morgan fingerprint density at radius 2 is 2.06 bits per heavy atom. The van der Waals surface area contributed by atoms with Crippen molar-refractivity contribution in [2.24, 2.45) is 0 Å². The molecule has 0 radical (unpaired) electrons. The Kier molecular flexibility index (Phi) is 4.08. The molecule has 0 spiro atoms. The summed E-state index contributed by atoms with van der Waals surface area (Å²) >= 11 is 0. The molecule has 2 rings (SSSR count). The first-order chi connectivity index (χ1) is 8.55. The van der Waals surface area contributed by atoms with Crippen molar-refractivity contribution in [1.29, 1.82) is 0 Å². The van der Waals surface area contributed by atoms with Gasteiger partial charge >= 0.3 is 0 Å². The zero-order valence-corrected chi connectivity index (χ0v) is 12.2. The third-order valence-electron chi connectivity index (χ3n) is 4.53. The first kappa shape index (κ1) is 13.6. The van der Waals surface area contributed by atoms with E-state index in [-0.39, 0.29) is 0 Å². The zero-order valence-electron chi connectivity index (χ0n) is 12.2. The van der Waals surface area contributed by atoms with Crippen LogP contribution in [0.2, 0.25) is 0 Å². The van der Waals surface area contributed by atoms with Gasteiger partial charge in [0.25, 0.3) is 0 Å². The summed E-state index contributed by atoms with van der Waals surface area (Å²) in [5.74, 6) is 0. The largest absolute Gasteiger partial charge is 0.314 e. The molecule has 1 fully saturated rings. The molecule has 0 amide bonds. The van der Waals surface area contributed by atoms with Crippen LogP contribution >= 0.6 is 0 Å².